The van der Waals surface area contributed by atoms with Crippen LogP contribution < -0.4 is 5.32 Å². The van der Waals surface area contributed by atoms with Crippen LogP contribution in [0, 0.1) is 5.92 Å². The number of nitrogens with one attached hydrogen (secondary N) is 1. The van der Waals surface area contributed by atoms with Crippen LogP contribution >= 0.6 is 0 Å². The standard InChI is InChI=1S/C20H23NO4/c1-13(2)14(3)21-19(23)12-25-20(24)17-6-4-15(5-7-17)16-8-10-18(22)11-9-16/h4-11,13-14,22H,12H2,1-3H3,(H,21,23)/t14-/m1/s1. The first kappa shape index (κ1) is 18.5. The molecule has 0 unspecified atom stereocenters. The summed E-state index contributed by atoms with van der Waals surface area (Å²) in [6.45, 7) is 5.63. The Hall–Kier alpha value is -2.82. The summed E-state index contributed by atoms with van der Waals surface area (Å²) in [6.07, 6.45) is 0. The summed E-state index contributed by atoms with van der Waals surface area (Å²) in [5.41, 5.74) is 2.23. The van der Waals surface area contributed by atoms with E-state index in [2.05, 4.69) is 5.32 Å². The Kier molecular flexibility index (Phi) is 6.17. The van der Waals surface area contributed by atoms with Gasteiger partial charge in [0, 0.05) is 6.04 Å². The summed E-state index contributed by atoms with van der Waals surface area (Å²) >= 11 is 0. The van der Waals surface area contributed by atoms with Gasteiger partial charge in [-0.3, -0.25) is 4.79 Å². The van der Waals surface area contributed by atoms with Gasteiger partial charge in [0.1, 0.15) is 5.75 Å². The van der Waals surface area contributed by atoms with Crippen molar-refractivity contribution in [2.24, 2.45) is 5.92 Å². The minimum Gasteiger partial charge on any atom is -0.508 e. The zero-order chi connectivity index (χ0) is 18.4. The number of carbonyl (C=O) groups is 2. The molecule has 25 heavy (non-hydrogen) atoms. The predicted molar refractivity (Wildman–Crippen MR) is 96.3 cm³/mol. The monoisotopic (exact) mass is 341 g/mol. The highest BCUT2D eigenvalue weighted by atomic mass is 16.5. The number of carbonyl (C=O) groups excluding carboxylic acids is 2. The van der Waals surface area contributed by atoms with E-state index in [4.69, 9.17) is 4.74 Å². The van der Waals surface area contributed by atoms with Crippen LogP contribution in [0.3, 0.4) is 0 Å². The van der Waals surface area contributed by atoms with Gasteiger partial charge >= 0.3 is 5.97 Å². The second kappa shape index (κ2) is 8.33. The maximum Gasteiger partial charge on any atom is 0.338 e. The summed E-state index contributed by atoms with van der Waals surface area (Å²) < 4.78 is 5.05. The van der Waals surface area contributed by atoms with Gasteiger partial charge in [-0.1, -0.05) is 38.1 Å². The van der Waals surface area contributed by atoms with E-state index in [1.165, 1.54) is 0 Å². The van der Waals surface area contributed by atoms with Crippen molar-refractivity contribution in [1.82, 2.24) is 5.32 Å². The van der Waals surface area contributed by atoms with Crippen molar-refractivity contribution in [3.05, 3.63) is 54.1 Å². The van der Waals surface area contributed by atoms with E-state index in [0.717, 1.165) is 11.1 Å². The number of rotatable bonds is 6. The van der Waals surface area contributed by atoms with Crippen molar-refractivity contribution < 1.29 is 19.4 Å². The van der Waals surface area contributed by atoms with Gasteiger partial charge in [0.25, 0.3) is 5.91 Å². The molecule has 0 aliphatic heterocycles. The number of phenolic OH excluding ortho intramolecular Hbond substituents is 1. The fraction of sp³-hybridized carbons (Fsp3) is 0.300. The summed E-state index contributed by atoms with van der Waals surface area (Å²) in [7, 11) is 0. The Morgan fingerprint density at radius 1 is 0.960 bits per heavy atom. The smallest absolute Gasteiger partial charge is 0.338 e. The molecule has 0 fully saturated rings. The molecule has 0 saturated carbocycles. The molecule has 2 N–H and O–H groups in total. The Morgan fingerprint density at radius 3 is 2.00 bits per heavy atom. The fourth-order valence-electron chi connectivity index (χ4n) is 2.13. The molecule has 132 valence electrons. The lowest BCUT2D eigenvalue weighted by Crippen LogP contribution is -2.38. The van der Waals surface area contributed by atoms with Gasteiger partial charge < -0.3 is 15.2 Å². The van der Waals surface area contributed by atoms with Crippen molar-refractivity contribution in [3.8, 4) is 16.9 Å². The number of amides is 1. The van der Waals surface area contributed by atoms with Gasteiger partial charge in [0.15, 0.2) is 6.61 Å². The normalized spacial score (nSPS) is 11.8. The number of hydrogen-bond acceptors (Lipinski definition) is 4. The minimum atomic E-state index is -0.537. The summed E-state index contributed by atoms with van der Waals surface area (Å²) in [5.74, 6) is -0.332. The van der Waals surface area contributed by atoms with Crippen molar-refractivity contribution in [2.45, 2.75) is 26.8 Å². The Labute approximate surface area is 147 Å². The van der Waals surface area contributed by atoms with Gasteiger partial charge in [-0.2, -0.15) is 0 Å². The summed E-state index contributed by atoms with van der Waals surface area (Å²) in [6, 6.07) is 13.7. The number of phenols is 1. The first-order chi connectivity index (χ1) is 11.9. The second-order valence-corrected chi connectivity index (χ2v) is 6.30. The predicted octanol–water partition coefficient (Wildman–Crippen LogP) is 3.38. The molecule has 1 amide bonds. The van der Waals surface area contributed by atoms with Crippen molar-refractivity contribution >= 4 is 11.9 Å². The number of hydrogen-bond donors (Lipinski definition) is 2. The lowest BCUT2D eigenvalue weighted by Gasteiger charge is -2.17. The maximum atomic E-state index is 12.0. The molecule has 5 nitrogen and oxygen atoms in total. The van der Waals surface area contributed by atoms with E-state index in [1.807, 2.05) is 20.8 Å². The Balaban J connectivity index is 1.92. The van der Waals surface area contributed by atoms with Crippen LogP contribution in [0.15, 0.2) is 48.5 Å². The van der Waals surface area contributed by atoms with E-state index in [9.17, 15) is 14.7 Å². The average molecular weight is 341 g/mol. The van der Waals surface area contributed by atoms with Crippen LogP contribution in [0.4, 0.5) is 0 Å². The topological polar surface area (TPSA) is 75.6 Å². The lowest BCUT2D eigenvalue weighted by atomic mass is 10.0. The molecular formula is C20H23NO4. The van der Waals surface area contributed by atoms with Crippen LogP contribution in [0.5, 0.6) is 5.75 Å². The molecule has 0 heterocycles. The van der Waals surface area contributed by atoms with Gasteiger partial charge in [0.2, 0.25) is 0 Å². The molecule has 5 heteroatoms. The number of esters is 1. The van der Waals surface area contributed by atoms with Crippen LogP contribution in [-0.4, -0.2) is 29.6 Å². The van der Waals surface area contributed by atoms with Crippen molar-refractivity contribution in [2.75, 3.05) is 6.61 Å². The Morgan fingerprint density at radius 2 is 1.48 bits per heavy atom. The third-order valence-corrected chi connectivity index (χ3v) is 4.04. The molecule has 0 aliphatic carbocycles. The average Bonchev–Trinajstić information content (AvgIpc) is 2.60. The SMILES string of the molecule is CC(C)[C@@H](C)NC(=O)COC(=O)c1ccc(-c2ccc(O)cc2)cc1. The summed E-state index contributed by atoms with van der Waals surface area (Å²) in [4.78, 5) is 23.8. The Bertz CT molecular complexity index is 720. The number of aromatic hydroxyl groups is 1. The molecule has 0 aliphatic rings. The lowest BCUT2D eigenvalue weighted by molar-refractivity contribution is -0.125. The van der Waals surface area contributed by atoms with Gasteiger partial charge in [0.05, 0.1) is 5.56 Å². The van der Waals surface area contributed by atoms with Gasteiger partial charge in [-0.05, 0) is 48.2 Å². The van der Waals surface area contributed by atoms with E-state index in [-0.39, 0.29) is 24.3 Å². The molecule has 0 bridgehead atoms. The van der Waals surface area contributed by atoms with Gasteiger partial charge in [-0.15, -0.1) is 0 Å². The molecule has 0 spiro atoms. The number of benzene rings is 2. The van der Waals surface area contributed by atoms with Crippen molar-refractivity contribution in [1.29, 1.82) is 0 Å². The molecule has 0 aromatic heterocycles. The van der Waals surface area contributed by atoms with E-state index < -0.39 is 5.97 Å². The van der Waals surface area contributed by atoms with E-state index in [0.29, 0.717) is 11.5 Å². The van der Waals surface area contributed by atoms with Gasteiger partial charge in [-0.25, -0.2) is 4.79 Å². The molecule has 0 saturated heterocycles. The summed E-state index contributed by atoms with van der Waals surface area (Å²) in [5, 5.41) is 12.1. The molecule has 2 aromatic carbocycles. The van der Waals surface area contributed by atoms with E-state index in [1.54, 1.807) is 48.5 Å². The molecule has 1 atom stereocenters. The van der Waals surface area contributed by atoms with Crippen LogP contribution in [-0.2, 0) is 9.53 Å². The molecule has 0 radical (unpaired) electrons. The third-order valence-electron chi connectivity index (χ3n) is 4.04. The number of ether oxygens (including phenoxy) is 1. The molecule has 2 aromatic rings. The van der Waals surface area contributed by atoms with Crippen LogP contribution in [0.2, 0.25) is 0 Å². The molecule has 2 rings (SSSR count). The highest BCUT2D eigenvalue weighted by molar-refractivity contribution is 5.91. The van der Waals surface area contributed by atoms with Crippen molar-refractivity contribution in [3.63, 3.8) is 0 Å². The van der Waals surface area contributed by atoms with Crippen LogP contribution in [0.1, 0.15) is 31.1 Å². The largest absolute Gasteiger partial charge is 0.508 e. The highest BCUT2D eigenvalue weighted by Gasteiger charge is 2.14. The fourth-order valence-corrected chi connectivity index (χ4v) is 2.13. The maximum absolute atomic E-state index is 12.0. The zero-order valence-corrected chi connectivity index (χ0v) is 14.7. The molecular weight excluding hydrogens is 318 g/mol. The second-order valence-electron chi connectivity index (χ2n) is 6.30. The zero-order valence-electron chi connectivity index (χ0n) is 14.7. The first-order valence-corrected chi connectivity index (χ1v) is 8.23. The van der Waals surface area contributed by atoms with Crippen LogP contribution in [0.25, 0.3) is 11.1 Å². The third kappa shape index (κ3) is 5.35. The highest BCUT2D eigenvalue weighted by Crippen LogP contribution is 2.22. The quantitative estimate of drug-likeness (QED) is 0.790. The minimum absolute atomic E-state index is 0.0239. The first-order valence-electron chi connectivity index (χ1n) is 8.23. The van der Waals surface area contributed by atoms with E-state index >= 15 is 0 Å².